The molecule has 1 aromatic heterocycles. The van der Waals surface area contributed by atoms with E-state index in [0.717, 1.165) is 6.42 Å². The highest BCUT2D eigenvalue weighted by Gasteiger charge is 2.26. The molecule has 0 aliphatic carbocycles. The van der Waals surface area contributed by atoms with Crippen LogP contribution < -0.4 is 10.1 Å². The van der Waals surface area contributed by atoms with Crippen molar-refractivity contribution in [3.05, 3.63) is 12.4 Å². The Hall–Kier alpha value is -0.740. The summed E-state index contributed by atoms with van der Waals surface area (Å²) in [5.41, 5.74) is -0.346. The van der Waals surface area contributed by atoms with Crippen LogP contribution in [0, 0.1) is 0 Å². The Morgan fingerprint density at radius 3 is 2.53 bits per heavy atom. The van der Waals surface area contributed by atoms with Crippen LogP contribution in [0.4, 0.5) is 5.82 Å². The van der Waals surface area contributed by atoms with Crippen LogP contribution in [0.25, 0.3) is 0 Å². The van der Waals surface area contributed by atoms with E-state index in [1.165, 1.54) is 6.33 Å². The SMILES string of the molecule is CCOc1cc(NC(CC)(CCl)CCl)ncn1. The van der Waals surface area contributed by atoms with Crippen molar-refractivity contribution in [3.8, 4) is 5.88 Å². The second kappa shape index (κ2) is 6.87. The van der Waals surface area contributed by atoms with Crippen LogP contribution in [0.1, 0.15) is 20.3 Å². The molecule has 0 aliphatic heterocycles. The first-order chi connectivity index (χ1) is 8.19. The van der Waals surface area contributed by atoms with Gasteiger partial charge in [-0.25, -0.2) is 9.97 Å². The Kier molecular flexibility index (Phi) is 5.78. The summed E-state index contributed by atoms with van der Waals surface area (Å²) >= 11 is 11.9. The van der Waals surface area contributed by atoms with Crippen LogP contribution in [0.3, 0.4) is 0 Å². The predicted octanol–water partition coefficient (Wildman–Crippen LogP) is 2.91. The van der Waals surface area contributed by atoms with Crippen molar-refractivity contribution < 1.29 is 4.74 Å². The largest absolute Gasteiger partial charge is 0.478 e. The van der Waals surface area contributed by atoms with Crippen molar-refractivity contribution >= 4 is 29.0 Å². The summed E-state index contributed by atoms with van der Waals surface area (Å²) in [4.78, 5) is 8.13. The third kappa shape index (κ3) is 3.89. The van der Waals surface area contributed by atoms with Crippen molar-refractivity contribution in [2.45, 2.75) is 25.8 Å². The van der Waals surface area contributed by atoms with Gasteiger partial charge in [0.15, 0.2) is 0 Å². The fraction of sp³-hybridized carbons (Fsp3) is 0.636. The van der Waals surface area contributed by atoms with Gasteiger partial charge in [0.25, 0.3) is 0 Å². The van der Waals surface area contributed by atoms with Crippen molar-refractivity contribution in [2.75, 3.05) is 23.7 Å². The molecule has 4 nitrogen and oxygen atoms in total. The maximum absolute atomic E-state index is 5.95. The molecular weight excluding hydrogens is 261 g/mol. The summed E-state index contributed by atoms with van der Waals surface area (Å²) in [5.74, 6) is 2.05. The molecule has 0 spiro atoms. The Bertz CT molecular complexity index is 337. The molecule has 0 unspecified atom stereocenters. The Balaban J connectivity index is 2.82. The topological polar surface area (TPSA) is 47.0 Å². The molecule has 0 atom stereocenters. The molecule has 6 heteroatoms. The lowest BCUT2D eigenvalue weighted by Crippen LogP contribution is -2.42. The van der Waals surface area contributed by atoms with E-state index in [-0.39, 0.29) is 5.54 Å². The molecule has 96 valence electrons. The lowest BCUT2D eigenvalue weighted by molar-refractivity contribution is 0.326. The van der Waals surface area contributed by atoms with Gasteiger partial charge in [0, 0.05) is 17.8 Å². The van der Waals surface area contributed by atoms with Gasteiger partial charge in [-0.2, -0.15) is 0 Å². The normalized spacial score (nSPS) is 11.3. The van der Waals surface area contributed by atoms with Crippen LogP contribution in [0.5, 0.6) is 5.88 Å². The fourth-order valence-electron chi connectivity index (χ4n) is 1.29. The Morgan fingerprint density at radius 2 is 2.00 bits per heavy atom. The number of aromatic nitrogens is 2. The Morgan fingerprint density at radius 1 is 1.29 bits per heavy atom. The van der Waals surface area contributed by atoms with Gasteiger partial charge in [0.2, 0.25) is 5.88 Å². The smallest absolute Gasteiger partial charge is 0.218 e. The number of hydrogen-bond donors (Lipinski definition) is 1. The summed E-state index contributed by atoms with van der Waals surface area (Å²) < 4.78 is 5.30. The summed E-state index contributed by atoms with van der Waals surface area (Å²) in [6.45, 7) is 4.51. The van der Waals surface area contributed by atoms with E-state index in [2.05, 4.69) is 15.3 Å². The van der Waals surface area contributed by atoms with Gasteiger partial charge in [0.05, 0.1) is 12.1 Å². The molecule has 0 aromatic carbocycles. The van der Waals surface area contributed by atoms with Gasteiger partial charge in [-0.3, -0.25) is 0 Å². The summed E-state index contributed by atoms with van der Waals surface area (Å²) in [5, 5.41) is 3.25. The van der Waals surface area contributed by atoms with Gasteiger partial charge in [-0.1, -0.05) is 6.92 Å². The monoisotopic (exact) mass is 277 g/mol. The molecule has 0 bridgehead atoms. The van der Waals surface area contributed by atoms with E-state index >= 15 is 0 Å². The molecule has 0 amide bonds. The fourth-order valence-corrected chi connectivity index (χ4v) is 2.08. The number of rotatable bonds is 7. The number of nitrogens with zero attached hydrogens (tertiary/aromatic N) is 2. The first-order valence-electron chi connectivity index (χ1n) is 5.54. The highest BCUT2D eigenvalue weighted by molar-refractivity contribution is 6.22. The quantitative estimate of drug-likeness (QED) is 0.779. The summed E-state index contributed by atoms with van der Waals surface area (Å²) in [7, 11) is 0. The van der Waals surface area contributed by atoms with E-state index < -0.39 is 0 Å². The summed E-state index contributed by atoms with van der Waals surface area (Å²) in [6, 6.07) is 1.74. The number of hydrogen-bond acceptors (Lipinski definition) is 4. The van der Waals surface area contributed by atoms with Crippen molar-refractivity contribution in [2.24, 2.45) is 0 Å². The van der Waals surface area contributed by atoms with E-state index in [1.807, 2.05) is 13.8 Å². The number of anilines is 1. The highest BCUT2D eigenvalue weighted by atomic mass is 35.5. The standard InChI is InChI=1S/C11H17Cl2N3O/c1-3-11(6-12,7-13)16-9-5-10(17-4-2)15-8-14-9/h5,8H,3-4,6-7H2,1-2H3,(H,14,15,16). The van der Waals surface area contributed by atoms with E-state index in [0.29, 0.717) is 30.1 Å². The molecule has 17 heavy (non-hydrogen) atoms. The minimum Gasteiger partial charge on any atom is -0.478 e. The molecule has 0 saturated carbocycles. The first kappa shape index (κ1) is 14.3. The zero-order chi connectivity index (χ0) is 12.7. The number of alkyl halides is 2. The molecule has 1 aromatic rings. The molecule has 0 saturated heterocycles. The molecule has 0 fully saturated rings. The number of halogens is 2. The second-order valence-electron chi connectivity index (χ2n) is 3.70. The molecule has 1 heterocycles. The van der Waals surface area contributed by atoms with Gasteiger partial charge >= 0.3 is 0 Å². The lowest BCUT2D eigenvalue weighted by Gasteiger charge is -2.30. The van der Waals surface area contributed by atoms with Crippen molar-refractivity contribution in [3.63, 3.8) is 0 Å². The molecule has 1 rings (SSSR count). The van der Waals surface area contributed by atoms with E-state index in [1.54, 1.807) is 6.07 Å². The lowest BCUT2D eigenvalue weighted by atomic mass is 10.0. The third-order valence-electron chi connectivity index (χ3n) is 2.52. The Labute approximate surface area is 112 Å². The van der Waals surface area contributed by atoms with E-state index in [9.17, 15) is 0 Å². The zero-order valence-electron chi connectivity index (χ0n) is 10.0. The number of nitrogens with one attached hydrogen (secondary N) is 1. The van der Waals surface area contributed by atoms with Gasteiger partial charge < -0.3 is 10.1 Å². The molecular formula is C11H17Cl2N3O. The minimum atomic E-state index is -0.346. The van der Waals surface area contributed by atoms with Crippen LogP contribution in [-0.2, 0) is 0 Å². The van der Waals surface area contributed by atoms with Crippen molar-refractivity contribution in [1.82, 2.24) is 9.97 Å². The minimum absolute atomic E-state index is 0.346. The third-order valence-corrected chi connectivity index (χ3v) is 3.54. The second-order valence-corrected chi connectivity index (χ2v) is 4.24. The van der Waals surface area contributed by atoms with Crippen molar-refractivity contribution in [1.29, 1.82) is 0 Å². The maximum atomic E-state index is 5.95. The van der Waals surface area contributed by atoms with Gasteiger partial charge in [-0.15, -0.1) is 23.2 Å². The predicted molar refractivity (Wildman–Crippen MR) is 71.3 cm³/mol. The highest BCUT2D eigenvalue weighted by Crippen LogP contribution is 2.22. The number of ether oxygens (including phenoxy) is 1. The van der Waals surface area contributed by atoms with Gasteiger partial charge in [0.1, 0.15) is 12.1 Å². The molecule has 0 radical (unpaired) electrons. The summed E-state index contributed by atoms with van der Waals surface area (Å²) in [6.07, 6.45) is 2.27. The maximum Gasteiger partial charge on any atom is 0.218 e. The van der Waals surface area contributed by atoms with Crippen LogP contribution in [-0.4, -0.2) is 33.9 Å². The first-order valence-corrected chi connectivity index (χ1v) is 6.61. The molecule has 0 aliphatic rings. The van der Waals surface area contributed by atoms with Crippen LogP contribution >= 0.6 is 23.2 Å². The average Bonchev–Trinajstić information content (AvgIpc) is 2.37. The average molecular weight is 278 g/mol. The zero-order valence-corrected chi connectivity index (χ0v) is 11.6. The van der Waals surface area contributed by atoms with Gasteiger partial charge in [-0.05, 0) is 13.3 Å². The molecule has 1 N–H and O–H groups in total. The van der Waals surface area contributed by atoms with E-state index in [4.69, 9.17) is 27.9 Å². The van der Waals surface area contributed by atoms with Crippen LogP contribution in [0.15, 0.2) is 12.4 Å². The van der Waals surface area contributed by atoms with Crippen LogP contribution in [0.2, 0.25) is 0 Å².